The van der Waals surface area contributed by atoms with Crippen LogP contribution in [0.3, 0.4) is 0 Å². The largest absolute Gasteiger partial charge is 0.309 e. The van der Waals surface area contributed by atoms with E-state index in [9.17, 15) is 0 Å². The number of nitrogens with zero attached hydrogens (tertiary/aromatic N) is 2. The van der Waals surface area contributed by atoms with Gasteiger partial charge in [0.05, 0.1) is 22.1 Å². The first-order chi connectivity index (χ1) is 24.3. The maximum atomic E-state index is 2.46. The molecule has 3 aromatic heterocycles. The first-order valence-electron chi connectivity index (χ1n) is 16.8. The summed E-state index contributed by atoms with van der Waals surface area (Å²) < 4.78 is 7.52. The van der Waals surface area contributed by atoms with E-state index in [1.807, 2.05) is 11.3 Å². The molecule has 0 N–H and O–H groups in total. The highest BCUT2D eigenvalue weighted by Gasteiger charge is 2.19. The minimum atomic E-state index is 1.18. The molecule has 0 aliphatic rings. The van der Waals surface area contributed by atoms with Crippen LogP contribution in [0.15, 0.2) is 170 Å². The zero-order chi connectivity index (χ0) is 32.1. The first-order valence-corrected chi connectivity index (χ1v) is 17.6. The number of fused-ring (bicyclic) bond motifs is 11. The van der Waals surface area contributed by atoms with Crippen molar-refractivity contribution in [3.05, 3.63) is 170 Å². The van der Waals surface area contributed by atoms with Crippen molar-refractivity contribution in [2.24, 2.45) is 0 Å². The molecule has 0 unspecified atom stereocenters. The van der Waals surface area contributed by atoms with E-state index in [-0.39, 0.29) is 0 Å². The van der Waals surface area contributed by atoms with Crippen LogP contribution in [0, 0.1) is 0 Å². The topological polar surface area (TPSA) is 9.86 Å². The molecule has 0 fully saturated rings. The Labute approximate surface area is 286 Å². The van der Waals surface area contributed by atoms with Crippen LogP contribution in [0.5, 0.6) is 0 Å². The summed E-state index contributed by atoms with van der Waals surface area (Å²) in [5.41, 5.74) is 9.71. The lowest BCUT2D eigenvalue weighted by atomic mass is 9.98. The van der Waals surface area contributed by atoms with Gasteiger partial charge in [-0.2, -0.15) is 0 Å². The van der Waals surface area contributed by atoms with E-state index < -0.39 is 0 Å². The van der Waals surface area contributed by atoms with Gasteiger partial charge in [-0.15, -0.1) is 11.3 Å². The molecule has 0 saturated carbocycles. The molecule has 11 rings (SSSR count). The van der Waals surface area contributed by atoms with Crippen molar-refractivity contribution in [3.8, 4) is 22.5 Å². The molecule has 0 bridgehead atoms. The van der Waals surface area contributed by atoms with Gasteiger partial charge in [0.1, 0.15) is 0 Å². The monoisotopic (exact) mass is 640 g/mol. The second-order valence-corrected chi connectivity index (χ2v) is 14.0. The maximum Gasteiger partial charge on any atom is 0.0547 e. The van der Waals surface area contributed by atoms with Gasteiger partial charge in [-0.25, -0.2) is 0 Å². The normalized spacial score (nSPS) is 12.1. The molecular formula is C46H28N2S. The van der Waals surface area contributed by atoms with E-state index in [1.54, 1.807) is 0 Å². The Hall–Kier alpha value is -6.16. The zero-order valence-corrected chi connectivity index (χ0v) is 27.3. The number of thiophene rings is 1. The molecule has 0 aliphatic heterocycles. The molecule has 8 aromatic carbocycles. The first kappa shape index (κ1) is 26.9. The lowest BCUT2D eigenvalue weighted by molar-refractivity contribution is 1.18. The third kappa shape index (κ3) is 3.82. The SMILES string of the molecule is c1ccc(-n2c3ccccc3c3cc(-c4cccc5c4c4ccccc4n5-c4ccc5sc6c7ccccc7ccc6c5c4)ccc32)cc1. The highest BCUT2D eigenvalue weighted by atomic mass is 32.1. The molecule has 0 atom stereocenters. The smallest absolute Gasteiger partial charge is 0.0547 e. The van der Waals surface area contributed by atoms with Gasteiger partial charge in [-0.3, -0.25) is 0 Å². The zero-order valence-electron chi connectivity index (χ0n) is 26.5. The van der Waals surface area contributed by atoms with E-state index in [0.29, 0.717) is 0 Å². The van der Waals surface area contributed by atoms with Crippen LogP contribution in [0.25, 0.3) is 97.1 Å². The molecule has 0 saturated heterocycles. The Morgan fingerprint density at radius 1 is 0.367 bits per heavy atom. The van der Waals surface area contributed by atoms with E-state index in [2.05, 4.69) is 179 Å². The Balaban J connectivity index is 1.15. The Morgan fingerprint density at radius 2 is 1.06 bits per heavy atom. The molecule has 3 heterocycles. The van der Waals surface area contributed by atoms with E-state index in [4.69, 9.17) is 0 Å². The van der Waals surface area contributed by atoms with Crippen LogP contribution in [0.4, 0.5) is 0 Å². The minimum Gasteiger partial charge on any atom is -0.309 e. The highest BCUT2D eigenvalue weighted by molar-refractivity contribution is 7.26. The van der Waals surface area contributed by atoms with Crippen molar-refractivity contribution in [1.82, 2.24) is 9.13 Å². The maximum absolute atomic E-state index is 2.46. The Morgan fingerprint density at radius 3 is 1.94 bits per heavy atom. The van der Waals surface area contributed by atoms with Gasteiger partial charge < -0.3 is 9.13 Å². The molecule has 228 valence electrons. The second-order valence-electron chi connectivity index (χ2n) is 12.9. The van der Waals surface area contributed by atoms with E-state index >= 15 is 0 Å². The van der Waals surface area contributed by atoms with Crippen LogP contribution in [0.2, 0.25) is 0 Å². The summed E-state index contributed by atoms with van der Waals surface area (Å²) in [6.07, 6.45) is 0. The van der Waals surface area contributed by atoms with Gasteiger partial charge in [-0.1, -0.05) is 109 Å². The van der Waals surface area contributed by atoms with Crippen LogP contribution >= 0.6 is 11.3 Å². The van der Waals surface area contributed by atoms with Crippen molar-refractivity contribution >= 4 is 85.9 Å². The van der Waals surface area contributed by atoms with Crippen LogP contribution in [-0.2, 0) is 0 Å². The molecule has 2 nitrogen and oxygen atoms in total. The molecule has 3 heteroatoms. The summed E-state index contributed by atoms with van der Waals surface area (Å²) in [6, 6.07) is 62.4. The molecule has 0 spiro atoms. The van der Waals surface area contributed by atoms with Crippen molar-refractivity contribution in [2.75, 3.05) is 0 Å². The van der Waals surface area contributed by atoms with E-state index in [0.717, 1.165) is 0 Å². The standard InChI is InChI=1S/C46H28N2S/c1-2-12-31(13-3-1)47-40-18-8-6-15-35(40)38-27-30(22-25-42(38)47)33-17-10-20-43-45(33)37-16-7-9-19-41(37)48(43)32-23-26-44-39(28-32)36-24-21-29-11-4-5-14-34(29)46(36)49-44/h1-28H. The predicted molar refractivity (Wildman–Crippen MR) is 211 cm³/mol. The van der Waals surface area contributed by atoms with Crippen molar-refractivity contribution in [1.29, 1.82) is 0 Å². The average Bonchev–Trinajstić information content (AvgIpc) is 3.82. The van der Waals surface area contributed by atoms with Crippen molar-refractivity contribution < 1.29 is 0 Å². The molecule has 11 aromatic rings. The quantitative estimate of drug-likeness (QED) is 0.182. The Bertz CT molecular complexity index is 3100. The predicted octanol–water partition coefficient (Wildman–Crippen LogP) is 13.1. The van der Waals surface area contributed by atoms with Crippen LogP contribution in [-0.4, -0.2) is 9.13 Å². The number of benzene rings is 8. The summed E-state index contributed by atoms with van der Waals surface area (Å²) in [4.78, 5) is 0. The summed E-state index contributed by atoms with van der Waals surface area (Å²) >= 11 is 1.89. The van der Waals surface area contributed by atoms with Gasteiger partial charge in [0.25, 0.3) is 0 Å². The minimum absolute atomic E-state index is 1.18. The lowest BCUT2D eigenvalue weighted by Crippen LogP contribution is -1.93. The fourth-order valence-electron chi connectivity index (χ4n) is 8.17. The number of rotatable bonds is 3. The van der Waals surface area contributed by atoms with Crippen molar-refractivity contribution in [3.63, 3.8) is 0 Å². The fourth-order valence-corrected chi connectivity index (χ4v) is 9.38. The lowest BCUT2D eigenvalue weighted by Gasteiger charge is -2.10. The van der Waals surface area contributed by atoms with Crippen molar-refractivity contribution in [2.45, 2.75) is 0 Å². The number of hydrogen-bond donors (Lipinski definition) is 0. The third-order valence-corrected chi connectivity index (χ3v) is 11.5. The molecular weight excluding hydrogens is 613 g/mol. The number of para-hydroxylation sites is 3. The summed E-state index contributed by atoms with van der Waals surface area (Å²) in [7, 11) is 0. The highest BCUT2D eigenvalue weighted by Crippen LogP contribution is 2.43. The fraction of sp³-hybridized carbons (Fsp3) is 0. The van der Waals surface area contributed by atoms with E-state index in [1.165, 1.54) is 97.1 Å². The summed E-state index contributed by atoms with van der Waals surface area (Å²) in [5.74, 6) is 0. The third-order valence-electron chi connectivity index (χ3n) is 10.3. The average molecular weight is 641 g/mol. The van der Waals surface area contributed by atoms with Gasteiger partial charge in [-0.05, 0) is 82.6 Å². The molecule has 0 amide bonds. The molecule has 0 radical (unpaired) electrons. The van der Waals surface area contributed by atoms with Gasteiger partial charge in [0, 0.05) is 53.1 Å². The van der Waals surface area contributed by atoms with Crippen LogP contribution < -0.4 is 0 Å². The number of hydrogen-bond acceptors (Lipinski definition) is 1. The Kier molecular flexibility index (Phi) is 5.57. The molecule has 49 heavy (non-hydrogen) atoms. The van der Waals surface area contributed by atoms with Gasteiger partial charge >= 0.3 is 0 Å². The van der Waals surface area contributed by atoms with Crippen LogP contribution in [0.1, 0.15) is 0 Å². The number of aromatic nitrogens is 2. The second kappa shape index (κ2) is 10.2. The molecule has 0 aliphatic carbocycles. The van der Waals surface area contributed by atoms with Gasteiger partial charge in [0.15, 0.2) is 0 Å². The summed E-state index contributed by atoms with van der Waals surface area (Å²) in [6.45, 7) is 0. The summed E-state index contributed by atoms with van der Waals surface area (Å²) in [5, 5.41) is 10.3. The van der Waals surface area contributed by atoms with Gasteiger partial charge in [0.2, 0.25) is 0 Å².